The van der Waals surface area contributed by atoms with E-state index in [2.05, 4.69) is 15.0 Å². The van der Waals surface area contributed by atoms with Crippen LogP contribution < -0.4 is 0 Å². The van der Waals surface area contributed by atoms with Crippen LogP contribution >= 0.6 is 0 Å². The first-order valence-electron chi connectivity index (χ1n) is 8.31. The van der Waals surface area contributed by atoms with E-state index in [1.165, 1.54) is 0 Å². The lowest BCUT2D eigenvalue weighted by atomic mass is 10.0. The number of amides is 1. The average molecular weight is 334 g/mol. The average Bonchev–Trinajstić information content (AvgIpc) is 2.96. The molecule has 3 aromatic heterocycles. The summed E-state index contributed by atoms with van der Waals surface area (Å²) in [4.78, 5) is 27.6. The van der Waals surface area contributed by atoms with Crippen LogP contribution in [0.5, 0.6) is 0 Å². The molecule has 3 aromatic rings. The number of aromatic nitrogens is 3. The van der Waals surface area contributed by atoms with Gasteiger partial charge in [0.05, 0.1) is 5.69 Å². The molecule has 0 atom stereocenters. The second-order valence-corrected chi connectivity index (χ2v) is 6.09. The van der Waals surface area contributed by atoms with E-state index in [4.69, 9.17) is 4.42 Å². The third-order valence-electron chi connectivity index (χ3n) is 4.46. The lowest BCUT2D eigenvalue weighted by Gasteiger charge is -2.18. The number of nitrogens with zero attached hydrogens (tertiary/aromatic N) is 4. The molecule has 0 N–H and O–H groups in total. The number of furan rings is 1. The van der Waals surface area contributed by atoms with Crippen LogP contribution in [-0.4, -0.2) is 38.8 Å². The zero-order chi connectivity index (χ0) is 17.2. The van der Waals surface area contributed by atoms with Gasteiger partial charge < -0.3 is 9.32 Å². The fourth-order valence-corrected chi connectivity index (χ4v) is 3.19. The van der Waals surface area contributed by atoms with Crippen molar-refractivity contribution in [2.24, 2.45) is 0 Å². The van der Waals surface area contributed by atoms with E-state index in [1.54, 1.807) is 18.6 Å². The maximum absolute atomic E-state index is 12.7. The Balaban J connectivity index is 1.61. The van der Waals surface area contributed by atoms with Crippen LogP contribution in [0.4, 0.5) is 0 Å². The Kier molecular flexibility index (Phi) is 4.01. The Morgan fingerprint density at radius 2 is 2.04 bits per heavy atom. The van der Waals surface area contributed by atoms with Crippen molar-refractivity contribution in [3.05, 3.63) is 65.8 Å². The molecular weight excluding hydrogens is 316 g/mol. The summed E-state index contributed by atoms with van der Waals surface area (Å²) >= 11 is 0. The molecule has 6 heteroatoms. The van der Waals surface area contributed by atoms with Crippen LogP contribution in [0.25, 0.3) is 11.3 Å². The quantitative estimate of drug-likeness (QED) is 0.720. The molecular formula is C19H18N4O2. The number of aryl methyl sites for hydroxylation is 1. The molecule has 0 aromatic carbocycles. The lowest BCUT2D eigenvalue weighted by Crippen LogP contribution is -2.33. The van der Waals surface area contributed by atoms with Crippen molar-refractivity contribution in [3.8, 4) is 11.3 Å². The highest BCUT2D eigenvalue weighted by Gasteiger charge is 2.24. The Bertz CT molecular complexity index is 905. The highest BCUT2D eigenvalue weighted by atomic mass is 16.3. The van der Waals surface area contributed by atoms with Gasteiger partial charge in [0.1, 0.15) is 12.1 Å². The molecule has 0 bridgehead atoms. The number of hydrogen-bond acceptors (Lipinski definition) is 5. The van der Waals surface area contributed by atoms with Crippen molar-refractivity contribution in [2.75, 3.05) is 13.1 Å². The van der Waals surface area contributed by atoms with Crippen LogP contribution in [0.2, 0.25) is 0 Å². The SMILES string of the molecule is Cc1ccc(C(=O)N2CCc3ncnc(-c4cccnc4)c3CC2)o1. The molecule has 6 nitrogen and oxygen atoms in total. The topological polar surface area (TPSA) is 72.1 Å². The summed E-state index contributed by atoms with van der Waals surface area (Å²) in [6.07, 6.45) is 6.56. The van der Waals surface area contributed by atoms with Crippen LogP contribution in [0, 0.1) is 6.92 Å². The van der Waals surface area contributed by atoms with Crippen molar-refractivity contribution in [3.63, 3.8) is 0 Å². The fraction of sp³-hybridized carbons (Fsp3) is 0.263. The van der Waals surface area contributed by atoms with Gasteiger partial charge >= 0.3 is 0 Å². The monoisotopic (exact) mass is 334 g/mol. The van der Waals surface area contributed by atoms with Crippen molar-refractivity contribution in [1.29, 1.82) is 0 Å². The molecule has 0 aliphatic carbocycles. The van der Waals surface area contributed by atoms with Gasteiger partial charge in [-0.15, -0.1) is 0 Å². The Labute approximate surface area is 145 Å². The van der Waals surface area contributed by atoms with E-state index in [-0.39, 0.29) is 5.91 Å². The van der Waals surface area contributed by atoms with E-state index in [0.29, 0.717) is 31.7 Å². The maximum atomic E-state index is 12.7. The van der Waals surface area contributed by atoms with Crippen LogP contribution in [0.1, 0.15) is 27.6 Å². The van der Waals surface area contributed by atoms with Gasteiger partial charge in [-0.3, -0.25) is 9.78 Å². The fourth-order valence-electron chi connectivity index (χ4n) is 3.19. The normalized spacial score (nSPS) is 14.0. The molecule has 25 heavy (non-hydrogen) atoms. The smallest absolute Gasteiger partial charge is 0.289 e. The highest BCUT2D eigenvalue weighted by Crippen LogP contribution is 2.25. The summed E-state index contributed by atoms with van der Waals surface area (Å²) in [6, 6.07) is 7.44. The summed E-state index contributed by atoms with van der Waals surface area (Å²) in [6.45, 7) is 3.08. The standard InChI is InChI=1S/C19H18N4O2/c1-13-4-5-17(25-13)19(24)23-9-6-15-16(7-10-23)21-12-22-18(15)14-3-2-8-20-11-14/h2-5,8,11-12H,6-7,9-10H2,1H3. The number of hydrogen-bond donors (Lipinski definition) is 0. The minimum absolute atomic E-state index is 0.0724. The predicted octanol–water partition coefficient (Wildman–Crippen LogP) is 2.68. The summed E-state index contributed by atoms with van der Waals surface area (Å²) in [5.41, 5.74) is 3.98. The number of carbonyl (C=O) groups excluding carboxylic acids is 1. The van der Waals surface area contributed by atoms with Gasteiger partial charge in [0.15, 0.2) is 5.76 Å². The van der Waals surface area contributed by atoms with Crippen molar-refractivity contribution >= 4 is 5.91 Å². The first-order valence-corrected chi connectivity index (χ1v) is 8.31. The molecule has 1 aliphatic heterocycles. The van der Waals surface area contributed by atoms with Gasteiger partial charge in [-0.25, -0.2) is 9.97 Å². The Hall–Kier alpha value is -3.02. The minimum atomic E-state index is -0.0724. The van der Waals surface area contributed by atoms with Crippen molar-refractivity contribution < 1.29 is 9.21 Å². The molecule has 0 unspecified atom stereocenters. The summed E-state index contributed by atoms with van der Waals surface area (Å²) in [5, 5.41) is 0. The van der Waals surface area contributed by atoms with Crippen LogP contribution in [-0.2, 0) is 12.8 Å². The second kappa shape index (κ2) is 6.47. The zero-order valence-corrected chi connectivity index (χ0v) is 14.0. The second-order valence-electron chi connectivity index (χ2n) is 6.09. The van der Waals surface area contributed by atoms with Gasteiger partial charge in [-0.2, -0.15) is 0 Å². The molecule has 1 aliphatic rings. The predicted molar refractivity (Wildman–Crippen MR) is 92.0 cm³/mol. The molecule has 126 valence electrons. The van der Waals surface area contributed by atoms with E-state index < -0.39 is 0 Å². The van der Waals surface area contributed by atoms with Gasteiger partial charge in [0.25, 0.3) is 5.91 Å². The third kappa shape index (κ3) is 3.03. The molecule has 0 spiro atoms. The molecule has 4 rings (SSSR count). The first-order chi connectivity index (χ1) is 12.2. The van der Waals surface area contributed by atoms with Crippen LogP contribution in [0.15, 0.2) is 47.4 Å². The summed E-state index contributed by atoms with van der Waals surface area (Å²) < 4.78 is 5.48. The number of fused-ring (bicyclic) bond motifs is 1. The highest BCUT2D eigenvalue weighted by molar-refractivity contribution is 5.91. The van der Waals surface area contributed by atoms with Crippen molar-refractivity contribution in [2.45, 2.75) is 19.8 Å². The third-order valence-corrected chi connectivity index (χ3v) is 4.46. The van der Waals surface area contributed by atoms with Crippen molar-refractivity contribution in [1.82, 2.24) is 19.9 Å². The number of rotatable bonds is 2. The van der Waals surface area contributed by atoms with E-state index >= 15 is 0 Å². The minimum Gasteiger partial charge on any atom is -0.456 e. The first kappa shape index (κ1) is 15.5. The summed E-state index contributed by atoms with van der Waals surface area (Å²) in [7, 11) is 0. The lowest BCUT2D eigenvalue weighted by molar-refractivity contribution is 0.0729. The van der Waals surface area contributed by atoms with Gasteiger partial charge in [-0.05, 0) is 37.6 Å². The maximum Gasteiger partial charge on any atom is 0.289 e. The van der Waals surface area contributed by atoms with E-state index in [1.807, 2.05) is 36.2 Å². The summed E-state index contributed by atoms with van der Waals surface area (Å²) in [5.74, 6) is 1.06. The van der Waals surface area contributed by atoms with Gasteiger partial charge in [0.2, 0.25) is 0 Å². The largest absolute Gasteiger partial charge is 0.456 e. The Morgan fingerprint density at radius 3 is 2.80 bits per heavy atom. The van der Waals surface area contributed by atoms with E-state index in [9.17, 15) is 4.79 Å². The van der Waals surface area contributed by atoms with Gasteiger partial charge in [0, 0.05) is 48.7 Å². The molecule has 0 fully saturated rings. The molecule has 0 saturated carbocycles. The Morgan fingerprint density at radius 1 is 1.16 bits per heavy atom. The van der Waals surface area contributed by atoms with E-state index in [0.717, 1.165) is 28.3 Å². The molecule has 4 heterocycles. The molecule has 0 saturated heterocycles. The molecule has 0 radical (unpaired) electrons. The number of pyridine rings is 1. The van der Waals surface area contributed by atoms with Crippen LogP contribution in [0.3, 0.4) is 0 Å². The molecule has 1 amide bonds. The number of carbonyl (C=O) groups is 1. The van der Waals surface area contributed by atoms with Gasteiger partial charge in [-0.1, -0.05) is 0 Å². The zero-order valence-electron chi connectivity index (χ0n) is 14.0.